The van der Waals surface area contributed by atoms with Crippen LogP contribution in [0.2, 0.25) is 0 Å². The van der Waals surface area contributed by atoms with Crippen LogP contribution in [0.1, 0.15) is 30.1 Å². The third kappa shape index (κ3) is 3.01. The molecule has 0 aliphatic carbocycles. The summed E-state index contributed by atoms with van der Waals surface area (Å²) in [5, 5.41) is 1.41. The van der Waals surface area contributed by atoms with Crippen LogP contribution in [-0.4, -0.2) is 41.7 Å². The number of aromatic nitrogens is 1. The van der Waals surface area contributed by atoms with Gasteiger partial charge in [0, 0.05) is 24.2 Å². The van der Waals surface area contributed by atoms with E-state index < -0.39 is 5.97 Å². The summed E-state index contributed by atoms with van der Waals surface area (Å²) < 4.78 is 6.50. The molecule has 2 heterocycles. The monoisotopic (exact) mass is 314 g/mol. The molecule has 23 heavy (non-hydrogen) atoms. The Bertz CT molecular complexity index is 781. The first-order valence-corrected chi connectivity index (χ1v) is 8.09. The number of esters is 1. The van der Waals surface area contributed by atoms with Gasteiger partial charge in [-0.1, -0.05) is 13.0 Å². The third-order valence-electron chi connectivity index (χ3n) is 4.71. The number of likely N-dealkylation sites (N-methyl/N-ethyl adjacent to an activating group) is 1. The van der Waals surface area contributed by atoms with Crippen LogP contribution in [-0.2, 0) is 11.3 Å². The minimum Gasteiger partial charge on any atom is -0.465 e. The van der Waals surface area contributed by atoms with E-state index in [0.717, 1.165) is 24.9 Å². The van der Waals surface area contributed by atoms with Crippen molar-refractivity contribution >= 4 is 16.7 Å². The molecule has 1 aromatic carbocycles. The Hall–Kier alpha value is -2.14. The summed E-state index contributed by atoms with van der Waals surface area (Å²) in [6.45, 7) is 4.98. The molecular formula is C18H22N2O3. The molecule has 3 rings (SSSR count). The summed E-state index contributed by atoms with van der Waals surface area (Å²) in [7, 11) is 1.34. The summed E-state index contributed by atoms with van der Waals surface area (Å²) in [4.78, 5) is 26.9. The van der Waals surface area contributed by atoms with E-state index >= 15 is 0 Å². The predicted octanol–water partition coefficient (Wildman–Crippen LogP) is 2.27. The van der Waals surface area contributed by atoms with E-state index in [4.69, 9.17) is 4.74 Å². The highest BCUT2D eigenvalue weighted by Gasteiger charge is 2.23. The van der Waals surface area contributed by atoms with Crippen molar-refractivity contribution in [2.75, 3.05) is 20.2 Å². The van der Waals surface area contributed by atoms with Crippen molar-refractivity contribution in [3.8, 4) is 0 Å². The highest BCUT2D eigenvalue weighted by atomic mass is 16.5. The summed E-state index contributed by atoms with van der Waals surface area (Å²) in [5.74, 6) is -0.422. The molecule has 0 spiro atoms. The van der Waals surface area contributed by atoms with Crippen LogP contribution in [0.15, 0.2) is 35.3 Å². The number of rotatable bonds is 4. The van der Waals surface area contributed by atoms with Crippen LogP contribution in [0.4, 0.5) is 0 Å². The van der Waals surface area contributed by atoms with E-state index in [1.807, 2.05) is 12.3 Å². The number of likely N-dealkylation sites (tertiary alicyclic amines) is 1. The number of carbonyl (C=O) groups excluding carboxylic acids is 1. The fourth-order valence-electron chi connectivity index (χ4n) is 3.41. The van der Waals surface area contributed by atoms with Gasteiger partial charge in [0.2, 0.25) is 0 Å². The smallest absolute Gasteiger partial charge is 0.337 e. The first-order chi connectivity index (χ1) is 11.1. The number of pyridine rings is 1. The molecule has 0 saturated carbocycles. The standard InChI is InChI=1S/C18H22N2O3/c1-3-19-9-4-5-15(19)12-20-10-8-13-6-7-14(18(22)23-2)11-16(13)17(20)21/h6-8,10-11,15H,3-5,9,12H2,1-2H3/t15-/m1/s1. The molecule has 0 radical (unpaired) electrons. The van der Waals surface area contributed by atoms with E-state index in [9.17, 15) is 9.59 Å². The van der Waals surface area contributed by atoms with Crippen molar-refractivity contribution in [3.05, 3.63) is 46.4 Å². The normalized spacial score (nSPS) is 18.4. The zero-order valence-electron chi connectivity index (χ0n) is 13.6. The van der Waals surface area contributed by atoms with Gasteiger partial charge in [0.1, 0.15) is 0 Å². The first-order valence-electron chi connectivity index (χ1n) is 8.09. The number of ether oxygens (including phenoxy) is 1. The minimum atomic E-state index is -0.422. The molecule has 1 aliphatic rings. The van der Waals surface area contributed by atoms with E-state index in [2.05, 4.69) is 11.8 Å². The van der Waals surface area contributed by atoms with Crippen molar-refractivity contribution < 1.29 is 9.53 Å². The van der Waals surface area contributed by atoms with E-state index in [1.54, 1.807) is 22.8 Å². The molecule has 1 aromatic heterocycles. The van der Waals surface area contributed by atoms with Crippen molar-refractivity contribution in [2.45, 2.75) is 32.4 Å². The molecule has 1 atom stereocenters. The SMILES string of the molecule is CCN1CCC[C@@H]1Cn1ccc2ccc(C(=O)OC)cc2c1=O. The zero-order valence-corrected chi connectivity index (χ0v) is 13.6. The molecule has 2 aromatic rings. The Balaban J connectivity index is 1.97. The molecule has 1 saturated heterocycles. The Morgan fingerprint density at radius 1 is 1.35 bits per heavy atom. The number of hydrogen-bond acceptors (Lipinski definition) is 4. The largest absolute Gasteiger partial charge is 0.465 e. The van der Waals surface area contributed by atoms with Gasteiger partial charge in [-0.25, -0.2) is 4.79 Å². The molecular weight excluding hydrogens is 292 g/mol. The van der Waals surface area contributed by atoms with Gasteiger partial charge in [0.25, 0.3) is 5.56 Å². The maximum Gasteiger partial charge on any atom is 0.337 e. The minimum absolute atomic E-state index is 0.0452. The maximum absolute atomic E-state index is 12.8. The molecule has 1 fully saturated rings. The lowest BCUT2D eigenvalue weighted by Gasteiger charge is -2.23. The fourth-order valence-corrected chi connectivity index (χ4v) is 3.41. The van der Waals surface area contributed by atoms with Gasteiger partial charge in [-0.05, 0) is 49.5 Å². The van der Waals surface area contributed by atoms with Gasteiger partial charge >= 0.3 is 5.97 Å². The summed E-state index contributed by atoms with van der Waals surface area (Å²) in [6, 6.07) is 7.46. The number of carbonyl (C=O) groups is 1. The zero-order chi connectivity index (χ0) is 16.4. The van der Waals surface area contributed by atoms with E-state index in [-0.39, 0.29) is 5.56 Å². The van der Waals surface area contributed by atoms with Gasteiger partial charge < -0.3 is 9.30 Å². The van der Waals surface area contributed by atoms with Crippen LogP contribution in [0.25, 0.3) is 10.8 Å². The van der Waals surface area contributed by atoms with Crippen LogP contribution >= 0.6 is 0 Å². The number of fused-ring (bicyclic) bond motifs is 1. The van der Waals surface area contributed by atoms with Crippen molar-refractivity contribution in [2.24, 2.45) is 0 Å². The van der Waals surface area contributed by atoms with Crippen LogP contribution in [0.3, 0.4) is 0 Å². The second kappa shape index (κ2) is 6.54. The van der Waals surface area contributed by atoms with E-state index in [0.29, 0.717) is 23.5 Å². The Morgan fingerprint density at radius 2 is 2.17 bits per heavy atom. The van der Waals surface area contributed by atoms with Crippen LogP contribution in [0, 0.1) is 0 Å². The molecule has 5 heteroatoms. The molecule has 0 bridgehead atoms. The average molecular weight is 314 g/mol. The summed E-state index contributed by atoms with van der Waals surface area (Å²) >= 11 is 0. The Labute approximate surface area is 135 Å². The van der Waals surface area contributed by atoms with Crippen molar-refractivity contribution in [3.63, 3.8) is 0 Å². The number of methoxy groups -OCH3 is 1. The third-order valence-corrected chi connectivity index (χ3v) is 4.71. The number of benzene rings is 1. The van der Waals surface area contributed by atoms with Crippen LogP contribution < -0.4 is 5.56 Å². The lowest BCUT2D eigenvalue weighted by molar-refractivity contribution is 0.0601. The lowest BCUT2D eigenvalue weighted by Crippen LogP contribution is -2.35. The number of nitrogens with zero attached hydrogens (tertiary/aromatic N) is 2. The Morgan fingerprint density at radius 3 is 2.91 bits per heavy atom. The topological polar surface area (TPSA) is 51.5 Å². The predicted molar refractivity (Wildman–Crippen MR) is 89.8 cm³/mol. The van der Waals surface area contributed by atoms with Gasteiger partial charge in [-0.2, -0.15) is 0 Å². The average Bonchev–Trinajstić information content (AvgIpc) is 3.03. The number of hydrogen-bond donors (Lipinski definition) is 0. The van der Waals surface area contributed by atoms with E-state index in [1.165, 1.54) is 13.5 Å². The fraction of sp³-hybridized carbons (Fsp3) is 0.444. The lowest BCUT2D eigenvalue weighted by atomic mass is 10.1. The quantitative estimate of drug-likeness (QED) is 0.813. The highest BCUT2D eigenvalue weighted by molar-refractivity contribution is 5.95. The van der Waals surface area contributed by atoms with Crippen molar-refractivity contribution in [1.29, 1.82) is 0 Å². The Kier molecular flexibility index (Phi) is 4.48. The van der Waals surface area contributed by atoms with Crippen molar-refractivity contribution in [1.82, 2.24) is 9.47 Å². The second-order valence-corrected chi connectivity index (χ2v) is 5.99. The van der Waals surface area contributed by atoms with Gasteiger partial charge in [0.15, 0.2) is 0 Å². The van der Waals surface area contributed by atoms with Gasteiger partial charge in [0.05, 0.1) is 12.7 Å². The highest BCUT2D eigenvalue weighted by Crippen LogP contribution is 2.19. The maximum atomic E-state index is 12.8. The summed E-state index contributed by atoms with van der Waals surface area (Å²) in [6.07, 6.45) is 4.17. The van der Waals surface area contributed by atoms with Gasteiger partial charge in [-0.3, -0.25) is 9.69 Å². The molecule has 0 unspecified atom stereocenters. The van der Waals surface area contributed by atoms with Gasteiger partial charge in [-0.15, -0.1) is 0 Å². The molecule has 1 aliphatic heterocycles. The molecule has 0 amide bonds. The van der Waals surface area contributed by atoms with Crippen LogP contribution in [0.5, 0.6) is 0 Å². The second-order valence-electron chi connectivity index (χ2n) is 5.99. The first kappa shape index (κ1) is 15.7. The molecule has 5 nitrogen and oxygen atoms in total. The summed E-state index contributed by atoms with van der Waals surface area (Å²) in [5.41, 5.74) is 0.363. The molecule has 0 N–H and O–H groups in total. The molecule has 122 valence electrons.